The van der Waals surface area contributed by atoms with Crippen LogP contribution in [0, 0.1) is 0 Å². The first-order chi connectivity index (χ1) is 16.9. The Balaban J connectivity index is 1.38. The molecule has 3 aromatic carbocycles. The van der Waals surface area contributed by atoms with Gasteiger partial charge in [-0.05, 0) is 69.5 Å². The quantitative estimate of drug-likeness (QED) is 0.215. The minimum absolute atomic E-state index is 0.163. The predicted octanol–water partition coefficient (Wildman–Crippen LogP) is 6.93. The Morgan fingerprint density at radius 1 is 1.09 bits per heavy atom. The van der Waals surface area contributed by atoms with Crippen molar-refractivity contribution in [2.75, 3.05) is 18.8 Å². The van der Waals surface area contributed by atoms with Crippen LogP contribution in [0.15, 0.2) is 68.4 Å². The van der Waals surface area contributed by atoms with Crippen LogP contribution in [0.4, 0.5) is 5.69 Å². The number of anilines is 1. The number of hydrogen-bond acceptors (Lipinski definition) is 7. The lowest BCUT2D eigenvalue weighted by Gasteiger charge is -2.15. The topological polar surface area (TPSA) is 57.2 Å². The number of rotatable bonds is 6. The molecule has 2 aliphatic heterocycles. The maximum atomic E-state index is 13.2. The summed E-state index contributed by atoms with van der Waals surface area (Å²) in [5.41, 5.74) is 2.44. The zero-order valence-corrected chi connectivity index (χ0v) is 23.1. The van der Waals surface area contributed by atoms with Crippen LogP contribution in [0.25, 0.3) is 6.08 Å². The second-order valence-electron chi connectivity index (χ2n) is 7.50. The third-order valence-electron chi connectivity index (χ3n) is 5.25. The normalized spacial score (nSPS) is 15.7. The molecule has 35 heavy (non-hydrogen) atoms. The third kappa shape index (κ3) is 5.06. The average molecular weight is 635 g/mol. The van der Waals surface area contributed by atoms with E-state index in [1.54, 1.807) is 31.4 Å². The number of thiocarbonyl (C=S) groups is 1. The van der Waals surface area contributed by atoms with Gasteiger partial charge in [0.05, 0.1) is 22.2 Å². The van der Waals surface area contributed by atoms with E-state index in [1.165, 1.54) is 16.7 Å². The summed E-state index contributed by atoms with van der Waals surface area (Å²) in [6.07, 6.45) is 1.79. The fourth-order valence-electron chi connectivity index (χ4n) is 3.57. The lowest BCUT2D eigenvalue weighted by molar-refractivity contribution is -0.113. The van der Waals surface area contributed by atoms with Crippen LogP contribution in [-0.2, 0) is 11.4 Å². The van der Waals surface area contributed by atoms with Crippen molar-refractivity contribution in [2.24, 2.45) is 0 Å². The van der Waals surface area contributed by atoms with Crippen molar-refractivity contribution in [1.82, 2.24) is 0 Å². The highest BCUT2D eigenvalue weighted by molar-refractivity contribution is 9.10. The van der Waals surface area contributed by atoms with Gasteiger partial charge in [-0.2, -0.15) is 0 Å². The lowest BCUT2D eigenvalue weighted by Crippen LogP contribution is -2.27. The molecule has 2 aliphatic rings. The van der Waals surface area contributed by atoms with Crippen molar-refractivity contribution >= 4 is 77.8 Å². The van der Waals surface area contributed by atoms with Crippen LogP contribution in [0.5, 0.6) is 23.0 Å². The summed E-state index contributed by atoms with van der Waals surface area (Å²) >= 11 is 13.8. The molecule has 10 heteroatoms. The Morgan fingerprint density at radius 3 is 2.63 bits per heavy atom. The molecule has 1 fully saturated rings. The summed E-state index contributed by atoms with van der Waals surface area (Å²) in [5, 5.41) is 0. The van der Waals surface area contributed by atoms with Gasteiger partial charge in [-0.15, -0.1) is 0 Å². The van der Waals surface area contributed by atoms with E-state index in [0.717, 1.165) is 15.6 Å². The molecule has 0 aromatic heterocycles. The highest BCUT2D eigenvalue weighted by atomic mass is 79.9. The van der Waals surface area contributed by atoms with Gasteiger partial charge in [0.15, 0.2) is 27.3 Å². The van der Waals surface area contributed by atoms with Gasteiger partial charge in [0.2, 0.25) is 6.79 Å². The maximum absolute atomic E-state index is 13.2. The van der Waals surface area contributed by atoms with Gasteiger partial charge in [-0.3, -0.25) is 9.69 Å². The molecule has 0 unspecified atom stereocenters. The summed E-state index contributed by atoms with van der Waals surface area (Å²) in [5.74, 6) is 2.17. The molecular weight excluding hydrogens is 618 g/mol. The van der Waals surface area contributed by atoms with E-state index in [9.17, 15) is 4.79 Å². The molecule has 0 bridgehead atoms. The van der Waals surface area contributed by atoms with Crippen LogP contribution in [0.2, 0.25) is 0 Å². The number of carbonyl (C=O) groups is 1. The van der Waals surface area contributed by atoms with E-state index in [2.05, 4.69) is 31.9 Å². The number of methoxy groups -OCH3 is 1. The Kier molecular flexibility index (Phi) is 7.06. The standard InChI is InChI=1S/C25H17Br2NO5S2/c1-30-21-9-15(8-18(27)23(21)31-12-14-2-4-16(26)5-3-14)10-22-24(29)28(25(34)35-22)17-6-7-19-20(11-17)33-13-32-19/h2-11H,12-13H2,1H3/b22-10+. The lowest BCUT2D eigenvalue weighted by atomic mass is 10.1. The SMILES string of the molecule is COc1cc(/C=C2/SC(=S)N(c3ccc4c(c3)OCO4)C2=O)cc(Br)c1OCc1ccc(Br)cc1. The van der Waals surface area contributed by atoms with Crippen LogP contribution < -0.4 is 23.8 Å². The number of amides is 1. The number of hydrogen-bond donors (Lipinski definition) is 0. The van der Waals surface area contributed by atoms with Crippen LogP contribution >= 0.6 is 55.8 Å². The molecular formula is C25H17Br2NO5S2. The fraction of sp³-hybridized carbons (Fsp3) is 0.120. The molecule has 6 nitrogen and oxygen atoms in total. The largest absolute Gasteiger partial charge is 0.493 e. The van der Waals surface area contributed by atoms with Crippen molar-refractivity contribution in [3.63, 3.8) is 0 Å². The van der Waals surface area contributed by atoms with Gasteiger partial charge >= 0.3 is 0 Å². The van der Waals surface area contributed by atoms with Crippen molar-refractivity contribution in [3.8, 4) is 23.0 Å². The Labute approximate surface area is 228 Å². The molecule has 0 aliphatic carbocycles. The van der Waals surface area contributed by atoms with Crippen LogP contribution in [0.3, 0.4) is 0 Å². The summed E-state index contributed by atoms with van der Waals surface area (Å²) in [7, 11) is 1.58. The number of thioether (sulfide) groups is 1. The molecule has 0 radical (unpaired) electrons. The Hall–Kier alpha value is -2.53. The Bertz CT molecular complexity index is 1360. The molecule has 0 N–H and O–H groups in total. The van der Waals surface area contributed by atoms with Crippen molar-refractivity contribution < 1.29 is 23.7 Å². The first-order valence-corrected chi connectivity index (χ1v) is 13.2. The molecule has 5 rings (SSSR count). The van der Waals surface area contributed by atoms with Crippen LogP contribution in [-0.4, -0.2) is 24.1 Å². The number of benzene rings is 3. The zero-order chi connectivity index (χ0) is 24.5. The number of halogens is 2. The Morgan fingerprint density at radius 2 is 1.86 bits per heavy atom. The van der Waals surface area contributed by atoms with Crippen molar-refractivity contribution in [3.05, 3.63) is 79.6 Å². The van der Waals surface area contributed by atoms with E-state index in [0.29, 0.717) is 49.0 Å². The molecule has 0 saturated carbocycles. The molecule has 0 spiro atoms. The molecule has 3 aromatic rings. The summed E-state index contributed by atoms with van der Waals surface area (Å²) in [4.78, 5) is 15.2. The fourth-order valence-corrected chi connectivity index (χ4v) is 5.70. The first kappa shape index (κ1) is 24.2. The highest BCUT2D eigenvalue weighted by Gasteiger charge is 2.34. The van der Waals surface area contributed by atoms with E-state index in [-0.39, 0.29) is 12.7 Å². The van der Waals surface area contributed by atoms with Crippen molar-refractivity contribution in [2.45, 2.75) is 6.61 Å². The number of fused-ring (bicyclic) bond motifs is 1. The molecule has 1 saturated heterocycles. The number of ether oxygens (including phenoxy) is 4. The molecule has 1 amide bonds. The van der Waals surface area contributed by atoms with E-state index in [1.807, 2.05) is 36.4 Å². The van der Waals surface area contributed by atoms with Gasteiger partial charge in [-0.1, -0.05) is 52.0 Å². The zero-order valence-electron chi connectivity index (χ0n) is 18.2. The van der Waals surface area contributed by atoms with Crippen LogP contribution in [0.1, 0.15) is 11.1 Å². The minimum Gasteiger partial charge on any atom is -0.493 e. The summed E-state index contributed by atoms with van der Waals surface area (Å²) in [6, 6.07) is 16.9. The third-order valence-corrected chi connectivity index (χ3v) is 7.67. The monoisotopic (exact) mass is 633 g/mol. The average Bonchev–Trinajstić information content (AvgIpc) is 3.42. The number of nitrogens with zero attached hydrogens (tertiary/aromatic N) is 1. The van der Waals surface area contributed by atoms with Crippen molar-refractivity contribution in [1.29, 1.82) is 0 Å². The first-order valence-electron chi connectivity index (χ1n) is 10.4. The number of carbonyl (C=O) groups excluding carboxylic acids is 1. The summed E-state index contributed by atoms with van der Waals surface area (Å²) in [6.45, 7) is 0.548. The smallest absolute Gasteiger partial charge is 0.270 e. The van der Waals surface area contributed by atoms with Gasteiger partial charge in [0.25, 0.3) is 5.91 Å². The van der Waals surface area contributed by atoms with Gasteiger partial charge in [0.1, 0.15) is 6.61 Å². The predicted molar refractivity (Wildman–Crippen MR) is 147 cm³/mol. The van der Waals surface area contributed by atoms with E-state index < -0.39 is 0 Å². The van der Waals surface area contributed by atoms with Gasteiger partial charge < -0.3 is 18.9 Å². The van der Waals surface area contributed by atoms with Gasteiger partial charge in [-0.25, -0.2) is 0 Å². The van der Waals surface area contributed by atoms with E-state index in [4.69, 9.17) is 31.2 Å². The molecule has 0 atom stereocenters. The minimum atomic E-state index is -0.204. The maximum Gasteiger partial charge on any atom is 0.270 e. The highest BCUT2D eigenvalue weighted by Crippen LogP contribution is 2.42. The second-order valence-corrected chi connectivity index (χ2v) is 10.9. The van der Waals surface area contributed by atoms with E-state index >= 15 is 0 Å². The second kappa shape index (κ2) is 10.2. The molecule has 178 valence electrons. The molecule has 2 heterocycles. The van der Waals surface area contributed by atoms with Gasteiger partial charge in [0, 0.05) is 10.5 Å². The summed E-state index contributed by atoms with van der Waals surface area (Å²) < 4.78 is 24.6.